The van der Waals surface area contributed by atoms with Crippen LogP contribution in [-0.2, 0) is 12.8 Å². The van der Waals surface area contributed by atoms with Crippen LogP contribution in [0.15, 0.2) is 54.9 Å². The number of benzene rings is 1. The van der Waals surface area contributed by atoms with Crippen LogP contribution in [0.4, 0.5) is 5.95 Å². The number of H-pyrrole nitrogens is 1. The van der Waals surface area contributed by atoms with Crippen molar-refractivity contribution in [3.63, 3.8) is 0 Å². The summed E-state index contributed by atoms with van der Waals surface area (Å²) in [5.41, 5.74) is 3.93. The number of thiophene rings is 1. The zero-order chi connectivity index (χ0) is 17.5. The van der Waals surface area contributed by atoms with Gasteiger partial charge in [-0.2, -0.15) is 0 Å². The van der Waals surface area contributed by atoms with E-state index in [1.807, 2.05) is 29.8 Å². The molecule has 0 aliphatic carbocycles. The molecule has 1 aliphatic heterocycles. The molecule has 1 unspecified atom stereocenters. The summed E-state index contributed by atoms with van der Waals surface area (Å²) in [6.45, 7) is 3.13. The molecule has 130 valence electrons. The smallest absolute Gasteiger partial charge is 0.226 e. The average molecular weight is 360 g/mol. The predicted molar refractivity (Wildman–Crippen MR) is 107 cm³/mol. The third-order valence-corrected chi connectivity index (χ3v) is 6.43. The van der Waals surface area contributed by atoms with Crippen LogP contribution in [-0.4, -0.2) is 21.5 Å². The molecule has 0 spiro atoms. The highest BCUT2D eigenvalue weighted by atomic mass is 32.1. The summed E-state index contributed by atoms with van der Waals surface area (Å²) in [6, 6.07) is 15.1. The molecule has 5 rings (SSSR count). The summed E-state index contributed by atoms with van der Waals surface area (Å²) in [6.07, 6.45) is 5.72. The molecule has 1 aliphatic rings. The number of aromatic nitrogens is 3. The van der Waals surface area contributed by atoms with Crippen molar-refractivity contribution in [2.45, 2.75) is 25.8 Å². The summed E-state index contributed by atoms with van der Waals surface area (Å²) in [4.78, 5) is 17.9. The molecule has 1 aromatic carbocycles. The lowest BCUT2D eigenvalue weighted by atomic mass is 9.96. The standard InChI is InChI=1S/C21H20N4S/c1-2-14-8-9-18(26-14)20-19-16(15-6-3-4-7-17(15)24-19)10-13-25(20)21-22-11-5-12-23-21/h3-9,11-12,20,24H,2,10,13H2,1H3. The molecule has 4 heterocycles. The van der Waals surface area contributed by atoms with Gasteiger partial charge in [0, 0.05) is 45.3 Å². The SMILES string of the molecule is CCc1ccc(C2c3[nH]c4ccccc4c3CCN2c2ncccn2)s1. The molecule has 4 aromatic rings. The molecular formula is C21H20N4S. The Morgan fingerprint density at radius 3 is 2.77 bits per heavy atom. The molecule has 0 saturated heterocycles. The molecule has 5 heteroatoms. The van der Waals surface area contributed by atoms with Crippen LogP contribution in [0, 0.1) is 0 Å². The first-order chi connectivity index (χ1) is 12.8. The van der Waals surface area contributed by atoms with Crippen LogP contribution in [0.25, 0.3) is 10.9 Å². The van der Waals surface area contributed by atoms with E-state index in [1.165, 1.54) is 31.9 Å². The maximum Gasteiger partial charge on any atom is 0.226 e. The van der Waals surface area contributed by atoms with E-state index >= 15 is 0 Å². The van der Waals surface area contributed by atoms with Gasteiger partial charge < -0.3 is 9.88 Å². The first kappa shape index (κ1) is 15.6. The van der Waals surface area contributed by atoms with Crippen LogP contribution in [0.2, 0.25) is 0 Å². The molecule has 1 N–H and O–H groups in total. The third kappa shape index (κ3) is 2.42. The number of rotatable bonds is 3. The first-order valence-electron chi connectivity index (χ1n) is 9.07. The lowest BCUT2D eigenvalue weighted by Crippen LogP contribution is -2.36. The monoisotopic (exact) mass is 360 g/mol. The summed E-state index contributed by atoms with van der Waals surface area (Å²) >= 11 is 1.89. The fourth-order valence-electron chi connectivity index (χ4n) is 3.92. The fraction of sp³-hybridized carbons (Fsp3) is 0.238. The van der Waals surface area contributed by atoms with Gasteiger partial charge in [-0.05, 0) is 42.7 Å². The van der Waals surface area contributed by atoms with Gasteiger partial charge in [-0.3, -0.25) is 0 Å². The number of aromatic amines is 1. The van der Waals surface area contributed by atoms with Crippen molar-refractivity contribution in [3.05, 3.63) is 75.9 Å². The van der Waals surface area contributed by atoms with Gasteiger partial charge in [0.2, 0.25) is 5.95 Å². The van der Waals surface area contributed by atoms with Crippen molar-refractivity contribution in [2.75, 3.05) is 11.4 Å². The number of fused-ring (bicyclic) bond motifs is 3. The lowest BCUT2D eigenvalue weighted by Gasteiger charge is -2.35. The van der Waals surface area contributed by atoms with Gasteiger partial charge in [0.25, 0.3) is 0 Å². The zero-order valence-corrected chi connectivity index (χ0v) is 15.5. The van der Waals surface area contributed by atoms with Crippen molar-refractivity contribution >= 4 is 28.2 Å². The van der Waals surface area contributed by atoms with E-state index < -0.39 is 0 Å². The second-order valence-corrected chi connectivity index (χ2v) is 7.82. The molecular weight excluding hydrogens is 340 g/mol. The third-order valence-electron chi connectivity index (χ3n) is 5.14. The molecule has 0 saturated carbocycles. The van der Waals surface area contributed by atoms with Gasteiger partial charge in [-0.15, -0.1) is 11.3 Å². The Morgan fingerprint density at radius 2 is 1.96 bits per heavy atom. The zero-order valence-electron chi connectivity index (χ0n) is 14.6. The minimum absolute atomic E-state index is 0.138. The van der Waals surface area contributed by atoms with Gasteiger partial charge in [-0.25, -0.2) is 9.97 Å². The van der Waals surface area contributed by atoms with Crippen LogP contribution in [0.3, 0.4) is 0 Å². The topological polar surface area (TPSA) is 44.8 Å². The first-order valence-corrected chi connectivity index (χ1v) is 9.88. The Hall–Kier alpha value is -2.66. The number of hydrogen-bond acceptors (Lipinski definition) is 4. The Labute approximate surface area is 156 Å². The quantitative estimate of drug-likeness (QED) is 0.574. The summed E-state index contributed by atoms with van der Waals surface area (Å²) in [5.74, 6) is 0.799. The van der Waals surface area contributed by atoms with E-state index in [4.69, 9.17) is 0 Å². The highest BCUT2D eigenvalue weighted by Crippen LogP contribution is 2.41. The van der Waals surface area contributed by atoms with Crippen molar-refractivity contribution in [2.24, 2.45) is 0 Å². The second kappa shape index (κ2) is 6.25. The molecule has 1 atom stereocenters. The number of anilines is 1. The summed E-state index contributed by atoms with van der Waals surface area (Å²) in [5, 5.41) is 1.34. The van der Waals surface area contributed by atoms with E-state index in [2.05, 4.69) is 63.2 Å². The highest BCUT2D eigenvalue weighted by molar-refractivity contribution is 7.12. The van der Waals surface area contributed by atoms with Gasteiger partial charge >= 0.3 is 0 Å². The average Bonchev–Trinajstić information content (AvgIpc) is 3.32. The van der Waals surface area contributed by atoms with E-state index in [0.29, 0.717) is 0 Å². The van der Waals surface area contributed by atoms with E-state index in [-0.39, 0.29) is 6.04 Å². The van der Waals surface area contributed by atoms with Gasteiger partial charge in [0.15, 0.2) is 0 Å². The molecule has 0 bridgehead atoms. The Bertz CT molecular complexity index is 1050. The van der Waals surface area contributed by atoms with Crippen LogP contribution in [0.5, 0.6) is 0 Å². The molecule has 0 amide bonds. The van der Waals surface area contributed by atoms with Crippen molar-refractivity contribution in [1.82, 2.24) is 15.0 Å². The molecule has 4 nitrogen and oxygen atoms in total. The largest absolute Gasteiger partial charge is 0.356 e. The molecule has 0 fully saturated rings. The highest BCUT2D eigenvalue weighted by Gasteiger charge is 2.33. The van der Waals surface area contributed by atoms with Gasteiger partial charge in [-0.1, -0.05) is 25.1 Å². The number of aryl methyl sites for hydroxylation is 1. The maximum atomic E-state index is 4.54. The number of para-hydroxylation sites is 1. The minimum atomic E-state index is 0.138. The minimum Gasteiger partial charge on any atom is -0.356 e. The second-order valence-electron chi connectivity index (χ2n) is 6.62. The van der Waals surface area contributed by atoms with Crippen LogP contribution in [0.1, 0.15) is 34.0 Å². The van der Waals surface area contributed by atoms with Gasteiger partial charge in [0.1, 0.15) is 6.04 Å². The number of hydrogen-bond donors (Lipinski definition) is 1. The number of nitrogens with zero attached hydrogens (tertiary/aromatic N) is 3. The Kier molecular flexibility index (Phi) is 3.75. The van der Waals surface area contributed by atoms with Gasteiger partial charge in [0.05, 0.1) is 0 Å². The van der Waals surface area contributed by atoms with Crippen molar-refractivity contribution < 1.29 is 0 Å². The molecule has 0 radical (unpaired) electrons. The molecule has 3 aromatic heterocycles. The molecule has 26 heavy (non-hydrogen) atoms. The normalized spacial score (nSPS) is 16.8. The predicted octanol–water partition coefficient (Wildman–Crippen LogP) is 4.73. The summed E-state index contributed by atoms with van der Waals surface area (Å²) in [7, 11) is 0. The van der Waals surface area contributed by atoms with Crippen molar-refractivity contribution in [1.29, 1.82) is 0 Å². The van der Waals surface area contributed by atoms with Crippen LogP contribution < -0.4 is 4.90 Å². The maximum absolute atomic E-state index is 4.54. The van der Waals surface area contributed by atoms with E-state index in [1.54, 1.807) is 0 Å². The van der Waals surface area contributed by atoms with Crippen molar-refractivity contribution in [3.8, 4) is 0 Å². The van der Waals surface area contributed by atoms with Crippen LogP contribution >= 0.6 is 11.3 Å². The lowest BCUT2D eigenvalue weighted by molar-refractivity contribution is 0.633. The Morgan fingerprint density at radius 1 is 1.12 bits per heavy atom. The fourth-order valence-corrected chi connectivity index (χ4v) is 5.00. The van der Waals surface area contributed by atoms with E-state index in [9.17, 15) is 0 Å². The number of nitrogens with one attached hydrogen (secondary N) is 1. The Balaban J connectivity index is 1.70. The van der Waals surface area contributed by atoms with E-state index in [0.717, 1.165) is 25.3 Å². The summed E-state index contributed by atoms with van der Waals surface area (Å²) < 4.78 is 0.